The number of hydrogen-bond acceptors (Lipinski definition) is 2. The number of ether oxygens (including phenoxy) is 1. The summed E-state index contributed by atoms with van der Waals surface area (Å²) in [6, 6.07) is 15.8. The van der Waals surface area contributed by atoms with Crippen LogP contribution < -0.4 is 10.1 Å². The second-order valence-corrected chi connectivity index (χ2v) is 4.37. The summed E-state index contributed by atoms with van der Waals surface area (Å²) in [7, 11) is 0. The van der Waals surface area contributed by atoms with E-state index in [1.807, 2.05) is 55.5 Å². The first kappa shape index (κ1) is 12.8. The van der Waals surface area contributed by atoms with Gasteiger partial charge in [0.05, 0.1) is 6.61 Å². The summed E-state index contributed by atoms with van der Waals surface area (Å²) >= 11 is 5.84. The first-order valence-electron chi connectivity index (χ1n) is 5.99. The van der Waals surface area contributed by atoms with Crippen LogP contribution in [0.25, 0.3) is 0 Å². The van der Waals surface area contributed by atoms with E-state index in [9.17, 15) is 0 Å². The molecule has 0 unspecified atom stereocenters. The standard InChI is InChI=1S/C15H16ClNO/c1-2-18-15-9-7-14(8-10-15)17-11-12-3-5-13(16)6-4-12/h3-10,17H,2,11H2,1H3. The van der Waals surface area contributed by atoms with Gasteiger partial charge in [-0.1, -0.05) is 23.7 Å². The quantitative estimate of drug-likeness (QED) is 0.864. The van der Waals surface area contributed by atoms with Crippen LogP contribution in [0.2, 0.25) is 5.02 Å². The fourth-order valence-electron chi connectivity index (χ4n) is 1.64. The molecule has 18 heavy (non-hydrogen) atoms. The first-order chi connectivity index (χ1) is 8.78. The van der Waals surface area contributed by atoms with Crippen molar-refractivity contribution in [3.05, 3.63) is 59.1 Å². The van der Waals surface area contributed by atoms with E-state index in [-0.39, 0.29) is 0 Å². The van der Waals surface area contributed by atoms with Crippen molar-refractivity contribution in [2.24, 2.45) is 0 Å². The van der Waals surface area contributed by atoms with Gasteiger partial charge in [0.1, 0.15) is 5.75 Å². The third-order valence-electron chi connectivity index (χ3n) is 2.58. The van der Waals surface area contributed by atoms with Crippen molar-refractivity contribution >= 4 is 17.3 Å². The lowest BCUT2D eigenvalue weighted by molar-refractivity contribution is 0.340. The maximum absolute atomic E-state index is 5.84. The molecule has 0 spiro atoms. The second-order valence-electron chi connectivity index (χ2n) is 3.94. The molecular formula is C15H16ClNO. The van der Waals surface area contributed by atoms with Gasteiger partial charge in [-0.15, -0.1) is 0 Å². The van der Waals surface area contributed by atoms with Gasteiger partial charge >= 0.3 is 0 Å². The van der Waals surface area contributed by atoms with E-state index in [1.165, 1.54) is 5.56 Å². The fraction of sp³-hybridized carbons (Fsp3) is 0.200. The Labute approximate surface area is 113 Å². The average molecular weight is 262 g/mol. The Hall–Kier alpha value is -1.67. The minimum Gasteiger partial charge on any atom is -0.494 e. The molecule has 94 valence electrons. The maximum Gasteiger partial charge on any atom is 0.119 e. The Kier molecular flexibility index (Phi) is 4.48. The molecule has 0 saturated heterocycles. The fourth-order valence-corrected chi connectivity index (χ4v) is 1.77. The molecule has 0 aromatic heterocycles. The molecule has 0 radical (unpaired) electrons. The Bertz CT molecular complexity index is 479. The zero-order valence-corrected chi connectivity index (χ0v) is 11.1. The SMILES string of the molecule is CCOc1ccc(NCc2ccc(Cl)cc2)cc1. The summed E-state index contributed by atoms with van der Waals surface area (Å²) in [5, 5.41) is 4.11. The van der Waals surface area contributed by atoms with E-state index in [0.29, 0.717) is 6.61 Å². The monoisotopic (exact) mass is 261 g/mol. The zero-order chi connectivity index (χ0) is 12.8. The highest BCUT2D eigenvalue weighted by atomic mass is 35.5. The van der Waals surface area contributed by atoms with Crippen molar-refractivity contribution in [3.63, 3.8) is 0 Å². The van der Waals surface area contributed by atoms with Gasteiger partial charge in [-0.3, -0.25) is 0 Å². The largest absolute Gasteiger partial charge is 0.494 e. The van der Waals surface area contributed by atoms with Gasteiger partial charge in [0.2, 0.25) is 0 Å². The van der Waals surface area contributed by atoms with E-state index in [0.717, 1.165) is 23.0 Å². The second kappa shape index (κ2) is 6.31. The molecule has 0 bridgehead atoms. The molecule has 0 fully saturated rings. The molecule has 0 saturated carbocycles. The Morgan fingerprint density at radius 3 is 2.28 bits per heavy atom. The molecule has 0 heterocycles. The van der Waals surface area contributed by atoms with Crippen molar-refractivity contribution < 1.29 is 4.74 Å². The van der Waals surface area contributed by atoms with Crippen LogP contribution >= 0.6 is 11.6 Å². The van der Waals surface area contributed by atoms with Gasteiger partial charge in [0.15, 0.2) is 0 Å². The third-order valence-corrected chi connectivity index (χ3v) is 2.83. The summed E-state index contributed by atoms with van der Waals surface area (Å²) in [5.41, 5.74) is 2.28. The predicted octanol–water partition coefficient (Wildman–Crippen LogP) is 4.35. The van der Waals surface area contributed by atoms with Gasteiger partial charge in [-0.05, 0) is 48.9 Å². The van der Waals surface area contributed by atoms with Crippen molar-refractivity contribution in [2.75, 3.05) is 11.9 Å². The topological polar surface area (TPSA) is 21.3 Å². The van der Waals surface area contributed by atoms with Crippen LogP contribution in [0.3, 0.4) is 0 Å². The minimum absolute atomic E-state index is 0.692. The van der Waals surface area contributed by atoms with Crippen LogP contribution in [0.5, 0.6) is 5.75 Å². The van der Waals surface area contributed by atoms with E-state index in [2.05, 4.69) is 5.32 Å². The van der Waals surface area contributed by atoms with Crippen molar-refractivity contribution in [1.29, 1.82) is 0 Å². The lowest BCUT2D eigenvalue weighted by Crippen LogP contribution is -1.99. The van der Waals surface area contributed by atoms with E-state index in [1.54, 1.807) is 0 Å². The highest BCUT2D eigenvalue weighted by Crippen LogP contribution is 2.17. The summed E-state index contributed by atoms with van der Waals surface area (Å²) in [5.74, 6) is 0.898. The lowest BCUT2D eigenvalue weighted by Gasteiger charge is -2.08. The molecule has 2 rings (SSSR count). The van der Waals surface area contributed by atoms with Crippen LogP contribution in [0.4, 0.5) is 5.69 Å². The number of hydrogen-bond donors (Lipinski definition) is 1. The number of rotatable bonds is 5. The molecule has 2 nitrogen and oxygen atoms in total. The van der Waals surface area contributed by atoms with E-state index >= 15 is 0 Å². The van der Waals surface area contributed by atoms with Crippen LogP contribution in [0, 0.1) is 0 Å². The highest BCUT2D eigenvalue weighted by molar-refractivity contribution is 6.30. The number of benzene rings is 2. The molecule has 0 atom stereocenters. The van der Waals surface area contributed by atoms with Gasteiger partial charge in [0, 0.05) is 17.3 Å². The van der Waals surface area contributed by atoms with Crippen molar-refractivity contribution in [1.82, 2.24) is 0 Å². The zero-order valence-electron chi connectivity index (χ0n) is 10.3. The molecular weight excluding hydrogens is 246 g/mol. The average Bonchev–Trinajstić information content (AvgIpc) is 2.40. The van der Waals surface area contributed by atoms with Gasteiger partial charge < -0.3 is 10.1 Å². The molecule has 2 aromatic rings. The normalized spacial score (nSPS) is 10.1. The Balaban J connectivity index is 1.91. The Morgan fingerprint density at radius 2 is 1.67 bits per heavy atom. The summed E-state index contributed by atoms with van der Waals surface area (Å²) < 4.78 is 5.39. The lowest BCUT2D eigenvalue weighted by atomic mass is 10.2. The van der Waals surface area contributed by atoms with Crippen LogP contribution in [0.15, 0.2) is 48.5 Å². The predicted molar refractivity (Wildman–Crippen MR) is 76.4 cm³/mol. The highest BCUT2D eigenvalue weighted by Gasteiger charge is 1.96. The summed E-state index contributed by atoms with van der Waals surface area (Å²) in [6.45, 7) is 3.45. The van der Waals surface area contributed by atoms with Crippen LogP contribution in [-0.4, -0.2) is 6.61 Å². The minimum atomic E-state index is 0.692. The van der Waals surface area contributed by atoms with Crippen LogP contribution in [-0.2, 0) is 6.54 Å². The van der Waals surface area contributed by atoms with Gasteiger partial charge in [0.25, 0.3) is 0 Å². The molecule has 0 amide bonds. The van der Waals surface area contributed by atoms with Gasteiger partial charge in [-0.25, -0.2) is 0 Å². The summed E-state index contributed by atoms with van der Waals surface area (Å²) in [4.78, 5) is 0. The molecule has 1 N–H and O–H groups in total. The molecule has 0 aliphatic carbocycles. The number of anilines is 1. The maximum atomic E-state index is 5.84. The summed E-state index contributed by atoms with van der Waals surface area (Å²) in [6.07, 6.45) is 0. The van der Waals surface area contributed by atoms with E-state index in [4.69, 9.17) is 16.3 Å². The molecule has 0 aliphatic rings. The third kappa shape index (κ3) is 3.67. The van der Waals surface area contributed by atoms with E-state index < -0.39 is 0 Å². The van der Waals surface area contributed by atoms with Crippen molar-refractivity contribution in [3.8, 4) is 5.75 Å². The first-order valence-corrected chi connectivity index (χ1v) is 6.37. The Morgan fingerprint density at radius 1 is 1.00 bits per heavy atom. The smallest absolute Gasteiger partial charge is 0.119 e. The molecule has 0 aliphatic heterocycles. The molecule has 2 aromatic carbocycles. The van der Waals surface area contributed by atoms with Crippen LogP contribution in [0.1, 0.15) is 12.5 Å². The van der Waals surface area contributed by atoms with Gasteiger partial charge in [-0.2, -0.15) is 0 Å². The van der Waals surface area contributed by atoms with Crippen molar-refractivity contribution in [2.45, 2.75) is 13.5 Å². The molecule has 3 heteroatoms. The number of nitrogens with one attached hydrogen (secondary N) is 1. The number of halogens is 1.